The molecular formula is C43H75NO7. The van der Waals surface area contributed by atoms with Crippen LogP contribution in [0.25, 0.3) is 0 Å². The fourth-order valence-electron chi connectivity index (χ4n) is 5.61. The molecule has 51 heavy (non-hydrogen) atoms. The molecule has 0 aromatic carbocycles. The molecule has 0 rings (SSSR count). The molecule has 0 aliphatic rings. The second-order valence-corrected chi connectivity index (χ2v) is 14.6. The molecule has 8 heteroatoms. The topological polar surface area (TPSA) is 102 Å². The average molecular weight is 718 g/mol. The van der Waals surface area contributed by atoms with Crippen LogP contribution in [0.15, 0.2) is 48.6 Å². The maximum absolute atomic E-state index is 12.7. The standard InChI is InChI=1S/C43H75NO7/c1-6-8-10-12-14-16-17-18-19-20-21-22-23-24-26-28-30-32-34-42(46)51-39(37-49-36-35-40(43(47)48)44(3,4)5)38-50-41(45)33-31-29-27-25-15-13-11-9-7-2/h14,16-22,39-40H,6-13,15,23-38H2,1-5H3/b16-14+,18-17+,20-19+,22-21+. The van der Waals surface area contributed by atoms with Crippen LogP contribution in [0.5, 0.6) is 0 Å². The van der Waals surface area contributed by atoms with E-state index in [-0.39, 0.29) is 42.7 Å². The van der Waals surface area contributed by atoms with E-state index in [0.29, 0.717) is 12.8 Å². The van der Waals surface area contributed by atoms with Crippen molar-refractivity contribution in [2.45, 2.75) is 167 Å². The smallest absolute Gasteiger partial charge is 0.306 e. The van der Waals surface area contributed by atoms with Gasteiger partial charge in [0.15, 0.2) is 6.10 Å². The number of likely N-dealkylation sites (N-methyl/N-ethyl adjacent to an activating group) is 1. The number of allylic oxidation sites excluding steroid dienone is 8. The molecule has 0 fully saturated rings. The van der Waals surface area contributed by atoms with Gasteiger partial charge >= 0.3 is 11.9 Å². The lowest BCUT2D eigenvalue weighted by atomic mass is 10.1. The van der Waals surface area contributed by atoms with Crippen LogP contribution in [0.2, 0.25) is 0 Å². The molecule has 0 aromatic rings. The van der Waals surface area contributed by atoms with Gasteiger partial charge in [-0.1, -0.05) is 146 Å². The maximum atomic E-state index is 12.7. The van der Waals surface area contributed by atoms with E-state index in [2.05, 4.69) is 56.4 Å². The lowest BCUT2D eigenvalue weighted by Crippen LogP contribution is -2.55. The summed E-state index contributed by atoms with van der Waals surface area (Å²) in [7, 11) is 5.38. The van der Waals surface area contributed by atoms with Crippen LogP contribution < -0.4 is 5.11 Å². The van der Waals surface area contributed by atoms with Gasteiger partial charge in [-0.05, 0) is 38.5 Å². The molecule has 0 saturated carbocycles. The fourth-order valence-corrected chi connectivity index (χ4v) is 5.61. The predicted octanol–water partition coefficient (Wildman–Crippen LogP) is 9.13. The van der Waals surface area contributed by atoms with E-state index < -0.39 is 18.1 Å². The molecule has 0 heterocycles. The number of carbonyl (C=O) groups excluding carboxylic acids is 3. The van der Waals surface area contributed by atoms with Crippen LogP contribution in [-0.2, 0) is 28.6 Å². The van der Waals surface area contributed by atoms with Gasteiger partial charge in [-0.2, -0.15) is 0 Å². The molecule has 2 atom stereocenters. The van der Waals surface area contributed by atoms with Gasteiger partial charge in [-0.25, -0.2) is 0 Å². The van der Waals surface area contributed by atoms with Gasteiger partial charge in [0.25, 0.3) is 0 Å². The molecule has 8 nitrogen and oxygen atoms in total. The minimum atomic E-state index is -1.13. The summed E-state index contributed by atoms with van der Waals surface area (Å²) in [5, 5.41) is 11.6. The van der Waals surface area contributed by atoms with Crippen LogP contribution in [0.4, 0.5) is 0 Å². The third-order valence-corrected chi connectivity index (χ3v) is 8.81. The van der Waals surface area contributed by atoms with Crippen molar-refractivity contribution >= 4 is 17.9 Å². The number of unbranched alkanes of at least 4 members (excludes halogenated alkanes) is 16. The molecule has 0 saturated heterocycles. The van der Waals surface area contributed by atoms with Crippen molar-refractivity contribution in [2.75, 3.05) is 41.0 Å². The molecule has 2 unspecified atom stereocenters. The third kappa shape index (κ3) is 32.9. The van der Waals surface area contributed by atoms with Gasteiger partial charge in [-0.3, -0.25) is 9.59 Å². The highest BCUT2D eigenvalue weighted by Crippen LogP contribution is 2.13. The summed E-state index contributed by atoms with van der Waals surface area (Å²) in [6.45, 7) is 4.56. The first-order valence-electron chi connectivity index (χ1n) is 20.2. The minimum absolute atomic E-state index is 0.0309. The number of hydrogen-bond donors (Lipinski definition) is 0. The Morgan fingerprint density at radius 1 is 0.588 bits per heavy atom. The van der Waals surface area contributed by atoms with E-state index in [1.165, 1.54) is 57.8 Å². The van der Waals surface area contributed by atoms with Gasteiger partial charge in [0.05, 0.1) is 40.3 Å². The van der Waals surface area contributed by atoms with E-state index in [1.54, 1.807) is 21.1 Å². The molecule has 0 aliphatic carbocycles. The number of esters is 2. The largest absolute Gasteiger partial charge is 0.544 e. The summed E-state index contributed by atoms with van der Waals surface area (Å²) in [4.78, 5) is 36.6. The van der Waals surface area contributed by atoms with E-state index in [4.69, 9.17) is 14.2 Å². The zero-order chi connectivity index (χ0) is 37.8. The number of carboxylic acid groups (broad SMARTS) is 1. The van der Waals surface area contributed by atoms with Crippen LogP contribution in [0.1, 0.15) is 155 Å². The lowest BCUT2D eigenvalue weighted by Gasteiger charge is -2.34. The fraction of sp³-hybridized carbons (Fsp3) is 0.744. The van der Waals surface area contributed by atoms with Crippen LogP contribution in [0, 0.1) is 0 Å². The maximum Gasteiger partial charge on any atom is 0.306 e. The highest BCUT2D eigenvalue weighted by Gasteiger charge is 2.25. The number of rotatable bonds is 35. The number of quaternary nitrogens is 1. The van der Waals surface area contributed by atoms with Gasteiger partial charge in [0.1, 0.15) is 12.6 Å². The van der Waals surface area contributed by atoms with E-state index in [1.807, 2.05) is 6.08 Å². The van der Waals surface area contributed by atoms with Crippen molar-refractivity contribution in [1.29, 1.82) is 0 Å². The Kier molecular flexibility index (Phi) is 32.6. The zero-order valence-corrected chi connectivity index (χ0v) is 33.3. The summed E-state index contributed by atoms with van der Waals surface area (Å²) in [6, 6.07) is -0.729. The predicted molar refractivity (Wildman–Crippen MR) is 208 cm³/mol. The molecule has 0 aliphatic heterocycles. The average Bonchev–Trinajstić information content (AvgIpc) is 3.08. The van der Waals surface area contributed by atoms with E-state index >= 15 is 0 Å². The first-order chi connectivity index (χ1) is 24.6. The minimum Gasteiger partial charge on any atom is -0.544 e. The summed E-state index contributed by atoms with van der Waals surface area (Å²) in [5.41, 5.74) is 0. The SMILES string of the molecule is CCCCC/C=C/C=C/C=C/C=C/CCCCCCCC(=O)OC(COCCC(C(=O)[O-])[N+](C)(C)C)COC(=O)CCCCCCCCCCC. The molecule has 0 spiro atoms. The second-order valence-electron chi connectivity index (χ2n) is 14.6. The monoisotopic (exact) mass is 718 g/mol. The summed E-state index contributed by atoms with van der Waals surface area (Å²) in [5.74, 6) is -1.77. The Morgan fingerprint density at radius 3 is 1.57 bits per heavy atom. The number of ether oxygens (including phenoxy) is 3. The highest BCUT2D eigenvalue weighted by atomic mass is 16.6. The van der Waals surface area contributed by atoms with Crippen molar-refractivity contribution in [2.24, 2.45) is 0 Å². The normalized spacial score (nSPS) is 13.5. The van der Waals surface area contributed by atoms with Crippen molar-refractivity contribution in [3.05, 3.63) is 48.6 Å². The zero-order valence-electron chi connectivity index (χ0n) is 33.3. The molecule has 294 valence electrons. The Labute approximate surface area is 312 Å². The summed E-state index contributed by atoms with van der Waals surface area (Å²) < 4.78 is 17.1. The summed E-state index contributed by atoms with van der Waals surface area (Å²) in [6.07, 6.45) is 38.4. The lowest BCUT2D eigenvalue weighted by molar-refractivity contribution is -0.889. The first-order valence-corrected chi connectivity index (χ1v) is 20.2. The third-order valence-electron chi connectivity index (χ3n) is 8.81. The Hall–Kier alpha value is -2.71. The molecule has 0 bridgehead atoms. The quantitative estimate of drug-likeness (QED) is 0.0279. The van der Waals surface area contributed by atoms with Gasteiger partial charge in [0.2, 0.25) is 0 Å². The van der Waals surface area contributed by atoms with E-state index in [9.17, 15) is 19.5 Å². The van der Waals surface area contributed by atoms with Crippen LogP contribution in [0.3, 0.4) is 0 Å². The molecular weight excluding hydrogens is 642 g/mol. The van der Waals surface area contributed by atoms with Gasteiger partial charge < -0.3 is 28.6 Å². The molecule has 0 N–H and O–H groups in total. The first kappa shape index (κ1) is 48.3. The molecule has 0 radical (unpaired) electrons. The Morgan fingerprint density at radius 2 is 1.04 bits per heavy atom. The van der Waals surface area contributed by atoms with Crippen molar-refractivity contribution < 1.29 is 38.2 Å². The summed E-state index contributed by atoms with van der Waals surface area (Å²) >= 11 is 0. The second kappa shape index (κ2) is 34.4. The molecule has 0 aromatic heterocycles. The number of hydrogen-bond acceptors (Lipinski definition) is 7. The highest BCUT2D eigenvalue weighted by molar-refractivity contribution is 5.70. The van der Waals surface area contributed by atoms with Crippen molar-refractivity contribution in [3.8, 4) is 0 Å². The van der Waals surface area contributed by atoms with Crippen LogP contribution >= 0.6 is 0 Å². The van der Waals surface area contributed by atoms with Gasteiger partial charge in [0, 0.05) is 19.3 Å². The van der Waals surface area contributed by atoms with E-state index in [0.717, 1.165) is 64.2 Å². The number of aliphatic carboxylic acids is 1. The number of carboxylic acids is 1. The van der Waals surface area contributed by atoms with Crippen LogP contribution in [-0.4, -0.2) is 75.5 Å². The van der Waals surface area contributed by atoms with Crippen molar-refractivity contribution in [1.82, 2.24) is 0 Å². The number of nitrogens with zero attached hydrogens (tertiary/aromatic N) is 1. The Balaban J connectivity index is 4.43. The number of carbonyl (C=O) groups is 3. The van der Waals surface area contributed by atoms with Crippen molar-refractivity contribution in [3.63, 3.8) is 0 Å². The Bertz CT molecular complexity index is 979. The molecule has 0 amide bonds. The van der Waals surface area contributed by atoms with Gasteiger partial charge in [-0.15, -0.1) is 0 Å².